The van der Waals surface area contributed by atoms with E-state index < -0.39 is 0 Å². The average Bonchev–Trinajstić information content (AvgIpc) is 3.64. The highest BCUT2D eigenvalue weighted by Gasteiger charge is 2.29. The molecule has 36 heavy (non-hydrogen) atoms. The summed E-state index contributed by atoms with van der Waals surface area (Å²) in [5, 5.41) is 0. The van der Waals surface area contributed by atoms with Gasteiger partial charge in [-0.2, -0.15) is 0 Å². The van der Waals surface area contributed by atoms with Crippen LogP contribution in [0.3, 0.4) is 0 Å². The molecule has 1 atom stereocenters. The fourth-order valence-corrected chi connectivity index (χ4v) is 5.64. The average molecular weight is 487 g/mol. The summed E-state index contributed by atoms with van der Waals surface area (Å²) >= 11 is 0. The lowest BCUT2D eigenvalue weighted by Crippen LogP contribution is -2.23. The Labute approximate surface area is 215 Å². The Morgan fingerprint density at radius 2 is 1.64 bits per heavy atom. The maximum atomic E-state index is 6.75. The van der Waals surface area contributed by atoms with Gasteiger partial charge in [-0.3, -0.25) is 4.98 Å². The Balaban J connectivity index is 1.56. The minimum Gasteiger partial charge on any atom is -0.490 e. The van der Waals surface area contributed by atoms with Crippen LogP contribution in [0.25, 0.3) is 0 Å². The van der Waals surface area contributed by atoms with Crippen molar-refractivity contribution in [3.8, 4) is 17.2 Å². The van der Waals surface area contributed by atoms with Gasteiger partial charge in [-0.15, -0.1) is 0 Å². The van der Waals surface area contributed by atoms with Gasteiger partial charge in [0.05, 0.1) is 25.0 Å². The molecule has 0 spiro atoms. The molecule has 190 valence electrons. The van der Waals surface area contributed by atoms with Crippen molar-refractivity contribution in [1.82, 2.24) is 4.98 Å². The second kappa shape index (κ2) is 11.7. The van der Waals surface area contributed by atoms with Crippen LogP contribution in [0, 0.1) is 5.92 Å². The number of rotatable bonds is 10. The molecule has 5 nitrogen and oxygen atoms in total. The number of aromatic nitrogens is 1. The number of ether oxygens (including phenoxy) is 3. The van der Waals surface area contributed by atoms with E-state index in [0.717, 1.165) is 41.3 Å². The van der Waals surface area contributed by atoms with Crippen molar-refractivity contribution in [2.45, 2.75) is 77.0 Å². The third-order valence-corrected chi connectivity index (χ3v) is 7.64. The van der Waals surface area contributed by atoms with E-state index >= 15 is 0 Å². The van der Waals surface area contributed by atoms with Crippen molar-refractivity contribution in [3.05, 3.63) is 72.6 Å². The standard InChI is InChI=1S/C31H38N2O3/c1-23(25-12-6-7-13-25)35-29-19-18-28(30(31(29)34-2)36-27-16-8-9-17-27)33(26-14-4-3-5-15-26)22-24-11-10-20-32-21-24/h3-5,10-11,14-15,18-21,23,25,27H,6-9,12-13,16-17,22H2,1-2H3. The fraction of sp³-hybridized carbons (Fsp3) is 0.452. The Bertz CT molecular complexity index is 1090. The Hall–Kier alpha value is -3.21. The third-order valence-electron chi connectivity index (χ3n) is 7.64. The normalized spacial score (nSPS) is 17.2. The van der Waals surface area contributed by atoms with E-state index in [4.69, 9.17) is 14.2 Å². The molecule has 5 rings (SSSR count). The number of anilines is 2. The minimum absolute atomic E-state index is 0.146. The van der Waals surface area contributed by atoms with Crippen LogP contribution in [-0.2, 0) is 6.54 Å². The molecule has 2 aliphatic carbocycles. The molecular weight excluding hydrogens is 448 g/mol. The van der Waals surface area contributed by atoms with Crippen LogP contribution >= 0.6 is 0 Å². The summed E-state index contributed by atoms with van der Waals surface area (Å²) in [7, 11) is 1.72. The first-order valence-electron chi connectivity index (χ1n) is 13.5. The molecule has 5 heteroatoms. The van der Waals surface area contributed by atoms with E-state index in [-0.39, 0.29) is 12.2 Å². The van der Waals surface area contributed by atoms with Crippen molar-refractivity contribution in [2.24, 2.45) is 5.92 Å². The van der Waals surface area contributed by atoms with Crippen molar-refractivity contribution in [2.75, 3.05) is 12.0 Å². The first-order valence-corrected chi connectivity index (χ1v) is 13.5. The molecule has 2 fully saturated rings. The molecule has 1 heterocycles. The van der Waals surface area contributed by atoms with E-state index in [1.54, 1.807) is 7.11 Å². The van der Waals surface area contributed by atoms with Crippen LogP contribution in [0.15, 0.2) is 67.0 Å². The first kappa shape index (κ1) is 24.5. The van der Waals surface area contributed by atoms with Gasteiger partial charge in [0.25, 0.3) is 0 Å². The number of benzene rings is 2. The molecule has 1 unspecified atom stereocenters. The fourth-order valence-electron chi connectivity index (χ4n) is 5.64. The van der Waals surface area contributed by atoms with Gasteiger partial charge in [-0.25, -0.2) is 0 Å². The molecule has 0 N–H and O–H groups in total. The highest BCUT2D eigenvalue weighted by atomic mass is 16.5. The molecule has 0 bridgehead atoms. The summed E-state index contributed by atoms with van der Waals surface area (Å²) in [6.07, 6.45) is 13.7. The number of methoxy groups -OCH3 is 1. The SMILES string of the molecule is COc1c(OC(C)C2CCCC2)ccc(N(Cc2cccnc2)c2ccccc2)c1OC1CCCC1. The number of hydrogen-bond donors (Lipinski definition) is 0. The van der Waals surface area contributed by atoms with Gasteiger partial charge < -0.3 is 19.1 Å². The van der Waals surface area contributed by atoms with Gasteiger partial charge in [0.15, 0.2) is 11.5 Å². The van der Waals surface area contributed by atoms with E-state index in [2.05, 4.69) is 59.3 Å². The molecule has 0 amide bonds. The van der Waals surface area contributed by atoms with E-state index in [0.29, 0.717) is 18.2 Å². The summed E-state index contributed by atoms with van der Waals surface area (Å²) in [5.41, 5.74) is 3.20. The van der Waals surface area contributed by atoms with Crippen LogP contribution in [0.2, 0.25) is 0 Å². The Morgan fingerprint density at radius 3 is 2.33 bits per heavy atom. The molecule has 0 radical (unpaired) electrons. The molecular formula is C31H38N2O3. The van der Waals surface area contributed by atoms with E-state index in [9.17, 15) is 0 Å². The minimum atomic E-state index is 0.146. The summed E-state index contributed by atoms with van der Waals surface area (Å²) in [4.78, 5) is 6.63. The second-order valence-corrected chi connectivity index (χ2v) is 10.1. The van der Waals surface area contributed by atoms with Gasteiger partial charge in [0, 0.05) is 24.6 Å². The zero-order valence-electron chi connectivity index (χ0n) is 21.6. The van der Waals surface area contributed by atoms with Crippen molar-refractivity contribution >= 4 is 11.4 Å². The molecule has 2 saturated carbocycles. The Morgan fingerprint density at radius 1 is 0.889 bits per heavy atom. The highest BCUT2D eigenvalue weighted by Crippen LogP contribution is 2.49. The lowest BCUT2D eigenvalue weighted by Gasteiger charge is -2.30. The lowest BCUT2D eigenvalue weighted by atomic mass is 10.0. The smallest absolute Gasteiger partial charge is 0.205 e. The quantitative estimate of drug-likeness (QED) is 0.294. The number of hydrogen-bond acceptors (Lipinski definition) is 5. The van der Waals surface area contributed by atoms with Gasteiger partial charge in [0.1, 0.15) is 0 Å². The number of nitrogens with zero attached hydrogens (tertiary/aromatic N) is 2. The first-order chi connectivity index (χ1) is 17.7. The van der Waals surface area contributed by atoms with Gasteiger partial charge in [0.2, 0.25) is 5.75 Å². The molecule has 0 aliphatic heterocycles. The zero-order valence-corrected chi connectivity index (χ0v) is 21.6. The summed E-state index contributed by atoms with van der Waals surface area (Å²) in [6.45, 7) is 2.86. The molecule has 2 aliphatic rings. The van der Waals surface area contributed by atoms with Crippen LogP contribution in [0.1, 0.15) is 63.9 Å². The van der Waals surface area contributed by atoms with Crippen LogP contribution in [0.5, 0.6) is 17.2 Å². The molecule has 3 aromatic rings. The summed E-state index contributed by atoms with van der Waals surface area (Å²) < 4.78 is 19.3. The maximum absolute atomic E-state index is 6.75. The van der Waals surface area contributed by atoms with E-state index in [1.165, 1.54) is 38.5 Å². The zero-order chi connectivity index (χ0) is 24.7. The number of pyridine rings is 1. The monoisotopic (exact) mass is 486 g/mol. The van der Waals surface area contributed by atoms with E-state index in [1.807, 2.05) is 24.5 Å². The van der Waals surface area contributed by atoms with Gasteiger partial charge in [-0.05, 0) is 87.3 Å². The second-order valence-electron chi connectivity index (χ2n) is 10.1. The largest absolute Gasteiger partial charge is 0.490 e. The third kappa shape index (κ3) is 5.61. The van der Waals surface area contributed by atoms with Crippen molar-refractivity contribution in [3.63, 3.8) is 0 Å². The summed E-state index contributed by atoms with van der Waals surface area (Å²) in [5.74, 6) is 2.83. The molecule has 0 saturated heterocycles. The van der Waals surface area contributed by atoms with Crippen LogP contribution in [0.4, 0.5) is 11.4 Å². The van der Waals surface area contributed by atoms with Crippen LogP contribution in [-0.4, -0.2) is 24.3 Å². The number of para-hydroxylation sites is 1. The molecule has 1 aromatic heterocycles. The predicted octanol–water partition coefficient (Wildman–Crippen LogP) is 7.71. The predicted molar refractivity (Wildman–Crippen MR) is 144 cm³/mol. The van der Waals surface area contributed by atoms with Crippen LogP contribution < -0.4 is 19.1 Å². The van der Waals surface area contributed by atoms with Gasteiger partial charge in [-0.1, -0.05) is 37.1 Å². The van der Waals surface area contributed by atoms with Gasteiger partial charge >= 0.3 is 0 Å². The highest BCUT2D eigenvalue weighted by molar-refractivity contribution is 5.75. The Kier molecular flexibility index (Phi) is 7.95. The van der Waals surface area contributed by atoms with Crippen molar-refractivity contribution < 1.29 is 14.2 Å². The van der Waals surface area contributed by atoms with Crippen molar-refractivity contribution in [1.29, 1.82) is 0 Å². The lowest BCUT2D eigenvalue weighted by molar-refractivity contribution is 0.144. The molecule has 2 aromatic carbocycles. The maximum Gasteiger partial charge on any atom is 0.205 e. The summed E-state index contributed by atoms with van der Waals surface area (Å²) in [6, 6.07) is 18.7. The topological polar surface area (TPSA) is 43.8 Å².